The molecule has 0 atom stereocenters. The first kappa shape index (κ1) is 20.1. The van der Waals surface area contributed by atoms with Crippen molar-refractivity contribution in [2.24, 2.45) is 0 Å². The van der Waals surface area contributed by atoms with E-state index in [-0.39, 0.29) is 34.7 Å². The molecule has 1 aliphatic rings. The molecule has 0 bridgehead atoms. The number of allylic oxidation sites excluding steroid dienone is 1. The van der Waals surface area contributed by atoms with Gasteiger partial charge in [-0.05, 0) is 42.1 Å². The van der Waals surface area contributed by atoms with E-state index < -0.39 is 5.51 Å². The number of thiazole rings is 1. The molecule has 4 rings (SSSR count). The SMILES string of the molecule is N#CC(=CNc1ccccc1SC(F)(F)F)c1nc(-c2ccc3c(c2)OCO3)cs1. The van der Waals surface area contributed by atoms with E-state index in [4.69, 9.17) is 9.47 Å². The van der Waals surface area contributed by atoms with Gasteiger partial charge in [-0.25, -0.2) is 4.98 Å². The summed E-state index contributed by atoms with van der Waals surface area (Å²) >= 11 is 1.04. The van der Waals surface area contributed by atoms with Gasteiger partial charge in [-0.1, -0.05) is 12.1 Å². The standard InChI is InChI=1S/C20H12F3N3O2S2/c21-20(22,23)30-18-4-2-1-3-14(18)25-9-13(8-24)19-26-15(10-29-19)12-5-6-16-17(7-12)28-11-27-16/h1-7,9-10,25H,11H2. The predicted molar refractivity (Wildman–Crippen MR) is 109 cm³/mol. The van der Waals surface area contributed by atoms with Crippen molar-refractivity contribution in [2.75, 3.05) is 12.1 Å². The van der Waals surface area contributed by atoms with Gasteiger partial charge < -0.3 is 14.8 Å². The van der Waals surface area contributed by atoms with Crippen molar-refractivity contribution in [3.63, 3.8) is 0 Å². The topological polar surface area (TPSA) is 67.2 Å². The van der Waals surface area contributed by atoms with Crippen LogP contribution in [0.3, 0.4) is 0 Å². The number of hydrogen-bond acceptors (Lipinski definition) is 7. The first-order valence-electron chi connectivity index (χ1n) is 8.50. The summed E-state index contributed by atoms with van der Waals surface area (Å²) < 4.78 is 48.9. The summed E-state index contributed by atoms with van der Waals surface area (Å²) in [6.45, 7) is 0.169. The number of para-hydroxylation sites is 1. The number of benzene rings is 2. The lowest BCUT2D eigenvalue weighted by molar-refractivity contribution is -0.0327. The summed E-state index contributed by atoms with van der Waals surface area (Å²) in [6, 6.07) is 13.5. The van der Waals surface area contributed by atoms with Crippen molar-refractivity contribution >= 4 is 34.4 Å². The largest absolute Gasteiger partial charge is 0.454 e. The van der Waals surface area contributed by atoms with Crippen LogP contribution in [0.5, 0.6) is 11.5 Å². The smallest absolute Gasteiger partial charge is 0.446 e. The summed E-state index contributed by atoms with van der Waals surface area (Å²) in [5, 5.41) is 14.5. The Labute approximate surface area is 177 Å². The molecule has 0 unspecified atom stereocenters. The number of rotatable bonds is 5. The van der Waals surface area contributed by atoms with Crippen LogP contribution < -0.4 is 14.8 Å². The van der Waals surface area contributed by atoms with Crippen molar-refractivity contribution in [3.8, 4) is 28.8 Å². The Morgan fingerprint density at radius 3 is 2.80 bits per heavy atom. The Kier molecular flexibility index (Phi) is 5.57. The van der Waals surface area contributed by atoms with Crippen LogP contribution in [-0.4, -0.2) is 17.3 Å². The first-order valence-corrected chi connectivity index (χ1v) is 10.2. The second kappa shape index (κ2) is 8.30. The molecule has 152 valence electrons. The second-order valence-electron chi connectivity index (χ2n) is 5.96. The molecule has 0 amide bonds. The van der Waals surface area contributed by atoms with Crippen molar-refractivity contribution in [1.29, 1.82) is 5.26 Å². The minimum absolute atomic E-state index is 0.0127. The maximum absolute atomic E-state index is 12.7. The van der Waals surface area contributed by atoms with E-state index in [1.54, 1.807) is 23.6 Å². The molecule has 2 heterocycles. The van der Waals surface area contributed by atoms with Gasteiger partial charge in [0.15, 0.2) is 11.5 Å². The molecule has 0 saturated heterocycles. The molecule has 1 aromatic heterocycles. The van der Waals surface area contributed by atoms with Gasteiger partial charge in [0.25, 0.3) is 0 Å². The number of nitrogens with zero attached hydrogens (tertiary/aromatic N) is 2. The average Bonchev–Trinajstić information content (AvgIpc) is 3.37. The predicted octanol–water partition coefficient (Wildman–Crippen LogP) is 6.13. The Balaban J connectivity index is 1.56. The van der Waals surface area contributed by atoms with Gasteiger partial charge in [-0.3, -0.25) is 0 Å². The molecule has 0 spiro atoms. The lowest BCUT2D eigenvalue weighted by Crippen LogP contribution is -2.01. The number of hydrogen-bond donors (Lipinski definition) is 1. The van der Waals surface area contributed by atoms with E-state index in [1.165, 1.54) is 35.7 Å². The number of ether oxygens (including phenoxy) is 2. The fraction of sp³-hybridized carbons (Fsp3) is 0.100. The second-order valence-corrected chi connectivity index (χ2v) is 7.93. The van der Waals surface area contributed by atoms with E-state index in [2.05, 4.69) is 10.3 Å². The fourth-order valence-electron chi connectivity index (χ4n) is 2.68. The number of aromatic nitrogens is 1. The molecule has 1 aliphatic heterocycles. The van der Waals surface area contributed by atoms with Crippen LogP contribution in [0.4, 0.5) is 18.9 Å². The van der Waals surface area contributed by atoms with Crippen molar-refractivity contribution in [1.82, 2.24) is 4.98 Å². The summed E-state index contributed by atoms with van der Waals surface area (Å²) in [5.74, 6) is 1.28. The molecular formula is C20H12F3N3O2S2. The highest BCUT2D eigenvalue weighted by Gasteiger charge is 2.30. The van der Waals surface area contributed by atoms with Gasteiger partial charge >= 0.3 is 5.51 Å². The molecule has 5 nitrogen and oxygen atoms in total. The Hall–Kier alpha value is -3.16. The van der Waals surface area contributed by atoms with Crippen LogP contribution in [-0.2, 0) is 0 Å². The van der Waals surface area contributed by atoms with Crippen molar-refractivity contribution in [2.45, 2.75) is 10.4 Å². The summed E-state index contributed by atoms with van der Waals surface area (Å²) in [7, 11) is 0. The fourth-order valence-corrected chi connectivity index (χ4v) is 4.10. The van der Waals surface area contributed by atoms with Gasteiger partial charge in [0, 0.05) is 22.0 Å². The van der Waals surface area contributed by atoms with Crippen LogP contribution in [0.15, 0.2) is 58.9 Å². The third kappa shape index (κ3) is 4.53. The quantitative estimate of drug-likeness (QED) is 0.375. The third-order valence-corrected chi connectivity index (χ3v) is 5.69. The van der Waals surface area contributed by atoms with Crippen LogP contribution in [0, 0.1) is 11.3 Å². The Morgan fingerprint density at radius 2 is 2.00 bits per heavy atom. The summed E-state index contributed by atoms with van der Waals surface area (Å²) in [5.41, 5.74) is -2.49. The van der Waals surface area contributed by atoms with Gasteiger partial charge in [-0.15, -0.1) is 11.3 Å². The molecule has 0 radical (unpaired) electrons. The van der Waals surface area contributed by atoms with Gasteiger partial charge in [0.2, 0.25) is 6.79 Å². The van der Waals surface area contributed by atoms with Gasteiger partial charge in [0.1, 0.15) is 16.6 Å². The first-order chi connectivity index (χ1) is 14.4. The van der Waals surface area contributed by atoms with E-state index in [9.17, 15) is 18.4 Å². The monoisotopic (exact) mass is 447 g/mol. The van der Waals surface area contributed by atoms with Gasteiger partial charge in [-0.2, -0.15) is 18.4 Å². The minimum atomic E-state index is -4.41. The summed E-state index contributed by atoms with van der Waals surface area (Å²) in [6.07, 6.45) is 1.36. The van der Waals surface area contributed by atoms with E-state index in [1.807, 2.05) is 12.1 Å². The highest BCUT2D eigenvalue weighted by molar-refractivity contribution is 8.00. The van der Waals surface area contributed by atoms with E-state index in [0.29, 0.717) is 22.2 Å². The molecule has 0 fully saturated rings. The molecule has 10 heteroatoms. The lowest BCUT2D eigenvalue weighted by Gasteiger charge is -2.10. The van der Waals surface area contributed by atoms with Gasteiger partial charge in [0.05, 0.1) is 11.4 Å². The maximum Gasteiger partial charge on any atom is 0.446 e. The van der Waals surface area contributed by atoms with Crippen molar-refractivity contribution < 1.29 is 22.6 Å². The van der Waals surface area contributed by atoms with E-state index in [0.717, 1.165) is 5.56 Å². The zero-order valence-corrected chi connectivity index (χ0v) is 16.7. The minimum Gasteiger partial charge on any atom is -0.454 e. The van der Waals surface area contributed by atoms with Crippen molar-refractivity contribution in [3.05, 3.63) is 59.1 Å². The zero-order chi connectivity index (χ0) is 21.1. The zero-order valence-electron chi connectivity index (χ0n) is 15.1. The third-order valence-electron chi connectivity index (χ3n) is 4.01. The van der Waals surface area contributed by atoms with Crippen LogP contribution in [0.1, 0.15) is 5.01 Å². The number of fused-ring (bicyclic) bond motifs is 1. The molecular weight excluding hydrogens is 435 g/mol. The molecule has 2 aromatic carbocycles. The number of nitrogens with one attached hydrogen (secondary N) is 1. The highest BCUT2D eigenvalue weighted by Crippen LogP contribution is 2.40. The average molecular weight is 447 g/mol. The number of nitriles is 1. The van der Waals surface area contributed by atoms with Crippen LogP contribution >= 0.6 is 23.1 Å². The Morgan fingerprint density at radius 1 is 1.20 bits per heavy atom. The maximum atomic E-state index is 12.7. The molecule has 0 aliphatic carbocycles. The number of thioether (sulfide) groups is 1. The van der Waals surface area contributed by atoms with E-state index >= 15 is 0 Å². The number of halogens is 3. The number of alkyl halides is 3. The lowest BCUT2D eigenvalue weighted by atomic mass is 10.1. The molecule has 0 saturated carbocycles. The Bertz CT molecular complexity index is 1150. The van der Waals surface area contributed by atoms with Crippen LogP contribution in [0.2, 0.25) is 0 Å². The molecule has 30 heavy (non-hydrogen) atoms. The summed E-state index contributed by atoms with van der Waals surface area (Å²) in [4.78, 5) is 4.49. The normalized spacial score (nSPS) is 13.2. The molecule has 1 N–H and O–H groups in total. The molecule has 3 aromatic rings. The highest BCUT2D eigenvalue weighted by atomic mass is 32.2. The van der Waals surface area contributed by atoms with Crippen LogP contribution in [0.25, 0.3) is 16.8 Å². The number of anilines is 1.